The van der Waals surface area contributed by atoms with Crippen LogP contribution in [-0.4, -0.2) is 79.1 Å². The van der Waals surface area contributed by atoms with Crippen LogP contribution in [0.4, 0.5) is 0 Å². The molecule has 2 aromatic heterocycles. The van der Waals surface area contributed by atoms with Crippen molar-refractivity contribution >= 4 is 21.1 Å². The molecule has 0 amide bonds. The van der Waals surface area contributed by atoms with Crippen LogP contribution in [0, 0.1) is 0 Å². The fraction of sp³-hybridized carbons (Fsp3) is 0.522. The standard InChI is InChI=1S/C23H32N6O5S/c1-5-7-18-20-21(28(3)26-18)23(30)25-22(24-20)17-12-16(8-9-19(17)34-6-2)35(31,32)27-15-13-29(14-15)10-11-33-4/h8-9,12,15,27H,5-7,10-11,13-14H2,1-4H3,(H,24,25,30). The summed E-state index contributed by atoms with van der Waals surface area (Å²) in [6.45, 7) is 6.85. The van der Waals surface area contributed by atoms with Crippen molar-refractivity contribution in [1.29, 1.82) is 0 Å². The van der Waals surface area contributed by atoms with E-state index in [1.807, 2.05) is 13.8 Å². The first-order chi connectivity index (χ1) is 16.8. The van der Waals surface area contributed by atoms with Gasteiger partial charge in [0, 0.05) is 39.8 Å². The van der Waals surface area contributed by atoms with Crippen LogP contribution in [0.15, 0.2) is 27.9 Å². The molecular formula is C23H32N6O5S. The van der Waals surface area contributed by atoms with Crippen molar-refractivity contribution < 1.29 is 17.9 Å². The quantitative estimate of drug-likeness (QED) is 0.399. The van der Waals surface area contributed by atoms with Crippen LogP contribution in [0.3, 0.4) is 0 Å². The molecule has 1 fully saturated rings. The Hall–Kier alpha value is -2.80. The number of nitrogens with one attached hydrogen (secondary N) is 2. The molecule has 3 heterocycles. The van der Waals surface area contributed by atoms with Gasteiger partial charge in [-0.05, 0) is 31.5 Å². The Bertz CT molecular complexity index is 1360. The summed E-state index contributed by atoms with van der Waals surface area (Å²) in [6.07, 6.45) is 1.52. The molecule has 1 saturated heterocycles. The highest BCUT2D eigenvalue weighted by atomic mass is 32.2. The first-order valence-corrected chi connectivity index (χ1v) is 13.2. The van der Waals surface area contributed by atoms with Gasteiger partial charge < -0.3 is 14.5 Å². The number of aromatic amines is 1. The van der Waals surface area contributed by atoms with E-state index in [2.05, 4.69) is 24.7 Å². The molecule has 0 bridgehead atoms. The second-order valence-electron chi connectivity index (χ2n) is 8.59. The summed E-state index contributed by atoms with van der Waals surface area (Å²) in [6, 6.07) is 4.42. The van der Waals surface area contributed by atoms with E-state index in [9.17, 15) is 13.2 Å². The number of rotatable bonds is 11. The number of nitrogens with zero attached hydrogens (tertiary/aromatic N) is 4. The number of fused-ring (bicyclic) bond motifs is 1. The number of aromatic nitrogens is 4. The summed E-state index contributed by atoms with van der Waals surface area (Å²) in [5.41, 5.74) is 1.66. The molecule has 4 rings (SSSR count). The van der Waals surface area contributed by atoms with Crippen LogP contribution in [-0.2, 0) is 28.2 Å². The summed E-state index contributed by atoms with van der Waals surface area (Å²) < 4.78 is 41.4. The van der Waals surface area contributed by atoms with Crippen LogP contribution in [0.5, 0.6) is 5.75 Å². The molecule has 0 atom stereocenters. The molecule has 1 aromatic carbocycles. The van der Waals surface area contributed by atoms with Gasteiger partial charge in [-0.25, -0.2) is 18.1 Å². The summed E-state index contributed by atoms with van der Waals surface area (Å²) >= 11 is 0. The second kappa shape index (κ2) is 10.4. The lowest BCUT2D eigenvalue weighted by molar-refractivity contribution is 0.0909. The van der Waals surface area contributed by atoms with Gasteiger partial charge in [-0.1, -0.05) is 13.3 Å². The van der Waals surface area contributed by atoms with Gasteiger partial charge in [0.05, 0.1) is 29.4 Å². The monoisotopic (exact) mass is 504 g/mol. The van der Waals surface area contributed by atoms with Gasteiger partial charge in [-0.15, -0.1) is 0 Å². The van der Waals surface area contributed by atoms with E-state index in [-0.39, 0.29) is 22.3 Å². The molecular weight excluding hydrogens is 472 g/mol. The van der Waals surface area contributed by atoms with E-state index in [0.717, 1.165) is 18.7 Å². The molecule has 11 nitrogen and oxygen atoms in total. The van der Waals surface area contributed by atoms with Crippen LogP contribution in [0.25, 0.3) is 22.4 Å². The van der Waals surface area contributed by atoms with Gasteiger partial charge in [0.15, 0.2) is 5.52 Å². The highest BCUT2D eigenvalue weighted by Crippen LogP contribution is 2.31. The molecule has 1 aliphatic rings. The van der Waals surface area contributed by atoms with Crippen molar-refractivity contribution in [3.8, 4) is 17.1 Å². The second-order valence-corrected chi connectivity index (χ2v) is 10.3. The zero-order valence-corrected chi connectivity index (χ0v) is 21.3. The smallest absolute Gasteiger partial charge is 0.277 e. The number of hydrogen-bond donors (Lipinski definition) is 2. The maximum atomic E-state index is 13.1. The van der Waals surface area contributed by atoms with Gasteiger partial charge >= 0.3 is 0 Å². The Morgan fingerprint density at radius 2 is 2.03 bits per heavy atom. The van der Waals surface area contributed by atoms with Crippen molar-refractivity contribution in [2.75, 3.05) is 40.0 Å². The van der Waals surface area contributed by atoms with Crippen LogP contribution in [0.2, 0.25) is 0 Å². The van der Waals surface area contributed by atoms with Gasteiger partial charge in [0.25, 0.3) is 5.56 Å². The third kappa shape index (κ3) is 5.25. The molecule has 1 aliphatic heterocycles. The van der Waals surface area contributed by atoms with Crippen molar-refractivity contribution in [3.63, 3.8) is 0 Å². The number of H-pyrrole nitrogens is 1. The third-order valence-electron chi connectivity index (χ3n) is 5.96. The maximum absolute atomic E-state index is 13.1. The highest BCUT2D eigenvalue weighted by molar-refractivity contribution is 7.89. The molecule has 3 aromatic rings. The number of likely N-dealkylation sites (tertiary alicyclic amines) is 1. The van der Waals surface area contributed by atoms with Crippen molar-refractivity contribution in [2.45, 2.75) is 37.6 Å². The lowest BCUT2D eigenvalue weighted by Crippen LogP contribution is -2.59. The van der Waals surface area contributed by atoms with E-state index in [1.54, 1.807) is 20.2 Å². The van der Waals surface area contributed by atoms with Crippen LogP contribution < -0.4 is 15.0 Å². The number of benzene rings is 1. The predicted octanol–water partition coefficient (Wildman–Crippen LogP) is 1.28. The first-order valence-electron chi connectivity index (χ1n) is 11.7. The molecule has 0 spiro atoms. The van der Waals surface area contributed by atoms with Gasteiger partial charge in [0.1, 0.15) is 17.1 Å². The summed E-state index contributed by atoms with van der Waals surface area (Å²) in [5.74, 6) is 0.673. The predicted molar refractivity (Wildman–Crippen MR) is 132 cm³/mol. The molecule has 35 heavy (non-hydrogen) atoms. The molecule has 0 aliphatic carbocycles. The summed E-state index contributed by atoms with van der Waals surface area (Å²) in [7, 11) is -0.443. The molecule has 0 radical (unpaired) electrons. The third-order valence-corrected chi connectivity index (χ3v) is 7.47. The Labute approximate surface area is 204 Å². The van der Waals surface area contributed by atoms with Crippen molar-refractivity contribution in [1.82, 2.24) is 29.4 Å². The number of hydrogen-bond acceptors (Lipinski definition) is 8. The Morgan fingerprint density at radius 1 is 1.26 bits per heavy atom. The van der Waals surface area contributed by atoms with Gasteiger partial charge in [0.2, 0.25) is 10.0 Å². The normalized spacial score (nSPS) is 15.0. The maximum Gasteiger partial charge on any atom is 0.277 e. The number of sulfonamides is 1. The molecule has 12 heteroatoms. The zero-order chi connectivity index (χ0) is 25.2. The summed E-state index contributed by atoms with van der Waals surface area (Å²) in [5, 5.41) is 4.45. The fourth-order valence-corrected chi connectivity index (χ4v) is 5.50. The number of ether oxygens (including phenoxy) is 2. The van der Waals surface area contributed by atoms with Crippen LogP contribution >= 0.6 is 0 Å². The topological polar surface area (TPSA) is 131 Å². The van der Waals surface area contributed by atoms with E-state index in [4.69, 9.17) is 9.47 Å². The number of methoxy groups -OCH3 is 1. The lowest BCUT2D eigenvalue weighted by atomic mass is 10.1. The van der Waals surface area contributed by atoms with E-state index >= 15 is 0 Å². The molecule has 0 unspecified atom stereocenters. The minimum absolute atomic E-state index is 0.0778. The molecule has 190 valence electrons. The van der Waals surface area contributed by atoms with Gasteiger partial charge in [-0.2, -0.15) is 5.10 Å². The minimum atomic E-state index is -3.79. The Balaban J connectivity index is 1.69. The number of aryl methyl sites for hydroxylation is 2. The molecule has 2 N–H and O–H groups in total. The average Bonchev–Trinajstić information content (AvgIpc) is 3.11. The largest absolute Gasteiger partial charge is 0.493 e. The van der Waals surface area contributed by atoms with Crippen LogP contribution in [0.1, 0.15) is 26.0 Å². The SMILES string of the molecule is CCCc1nn(C)c2c(=O)[nH]c(-c3cc(S(=O)(=O)NC4CN(CCOC)C4)ccc3OCC)nc12. The minimum Gasteiger partial charge on any atom is -0.493 e. The zero-order valence-electron chi connectivity index (χ0n) is 20.5. The highest BCUT2D eigenvalue weighted by Gasteiger charge is 2.31. The fourth-order valence-electron chi connectivity index (χ4n) is 4.26. The van der Waals surface area contributed by atoms with Crippen molar-refractivity contribution in [3.05, 3.63) is 34.2 Å². The average molecular weight is 505 g/mol. The lowest BCUT2D eigenvalue weighted by Gasteiger charge is -2.39. The van der Waals surface area contributed by atoms with E-state index in [1.165, 1.54) is 16.8 Å². The Kier molecular flexibility index (Phi) is 7.55. The van der Waals surface area contributed by atoms with Gasteiger partial charge in [-0.3, -0.25) is 14.4 Å². The van der Waals surface area contributed by atoms with E-state index < -0.39 is 10.0 Å². The van der Waals surface area contributed by atoms with E-state index in [0.29, 0.717) is 55.1 Å². The molecule has 0 saturated carbocycles. The van der Waals surface area contributed by atoms with Crippen molar-refractivity contribution in [2.24, 2.45) is 7.05 Å². The summed E-state index contributed by atoms with van der Waals surface area (Å²) in [4.78, 5) is 22.6. The first kappa shape index (κ1) is 25.3. The Morgan fingerprint density at radius 3 is 2.71 bits per heavy atom.